The van der Waals surface area contributed by atoms with Crippen molar-refractivity contribution in [1.82, 2.24) is 9.80 Å². The van der Waals surface area contributed by atoms with Gasteiger partial charge in [0.2, 0.25) is 5.91 Å². The molecule has 0 aromatic heterocycles. The number of carbonyl (C=O) groups excluding carboxylic acids is 3. The van der Waals surface area contributed by atoms with Gasteiger partial charge in [0.1, 0.15) is 11.9 Å². The minimum atomic E-state index is -0.690. The molecule has 3 rings (SSSR count). The summed E-state index contributed by atoms with van der Waals surface area (Å²) in [5, 5.41) is 0. The molecule has 1 saturated heterocycles. The van der Waals surface area contributed by atoms with Gasteiger partial charge in [0.05, 0.1) is 6.54 Å². The van der Waals surface area contributed by atoms with Crippen LogP contribution in [0.2, 0.25) is 0 Å². The molecule has 1 fully saturated rings. The summed E-state index contributed by atoms with van der Waals surface area (Å²) >= 11 is 1.95. The molecule has 5 nitrogen and oxygen atoms in total. The van der Waals surface area contributed by atoms with Crippen LogP contribution >= 0.6 is 22.6 Å². The molecule has 0 aliphatic carbocycles. The quantitative estimate of drug-likeness (QED) is 0.529. The van der Waals surface area contributed by atoms with Gasteiger partial charge in [-0.2, -0.15) is 0 Å². The van der Waals surface area contributed by atoms with Gasteiger partial charge in [-0.15, -0.1) is 0 Å². The molecule has 2 aliphatic heterocycles. The summed E-state index contributed by atoms with van der Waals surface area (Å²) in [7, 11) is 1.41. The number of likely N-dealkylation sites (tertiary alicyclic amines) is 1. The van der Waals surface area contributed by atoms with E-state index in [9.17, 15) is 18.8 Å². The van der Waals surface area contributed by atoms with Gasteiger partial charge in [0, 0.05) is 28.2 Å². The average molecular weight is 402 g/mol. The van der Waals surface area contributed by atoms with Crippen LogP contribution in [0.3, 0.4) is 0 Å². The third-order valence-electron chi connectivity index (χ3n) is 3.98. The Labute approximate surface area is 134 Å². The molecule has 2 aliphatic rings. The van der Waals surface area contributed by atoms with Crippen LogP contribution in [0.5, 0.6) is 0 Å². The minimum Gasteiger partial charge on any atom is -0.322 e. The van der Waals surface area contributed by atoms with Crippen LogP contribution in [0, 0.1) is 9.39 Å². The lowest BCUT2D eigenvalue weighted by Crippen LogP contribution is -2.53. The first kappa shape index (κ1) is 14.4. The van der Waals surface area contributed by atoms with Crippen molar-refractivity contribution in [3.05, 3.63) is 32.6 Å². The van der Waals surface area contributed by atoms with Crippen LogP contribution in [-0.4, -0.2) is 40.6 Å². The van der Waals surface area contributed by atoms with Gasteiger partial charge in [-0.3, -0.25) is 19.3 Å². The van der Waals surface area contributed by atoms with Gasteiger partial charge >= 0.3 is 0 Å². The highest BCUT2D eigenvalue weighted by Gasteiger charge is 2.42. The molecule has 0 bridgehead atoms. The van der Waals surface area contributed by atoms with Crippen LogP contribution in [0.25, 0.3) is 0 Å². The number of imide groups is 1. The first-order valence-electron chi connectivity index (χ1n) is 6.49. The summed E-state index contributed by atoms with van der Waals surface area (Å²) in [5.41, 5.74) is 0.638. The Kier molecular flexibility index (Phi) is 3.46. The summed E-state index contributed by atoms with van der Waals surface area (Å²) in [5.74, 6) is -1.42. The Morgan fingerprint density at radius 2 is 2.00 bits per heavy atom. The van der Waals surface area contributed by atoms with Crippen molar-refractivity contribution < 1.29 is 18.8 Å². The number of carbonyl (C=O) groups is 3. The molecule has 110 valence electrons. The largest absolute Gasteiger partial charge is 0.322 e. The van der Waals surface area contributed by atoms with Crippen molar-refractivity contribution in [3.8, 4) is 0 Å². The molecule has 0 saturated carbocycles. The molecule has 7 heteroatoms. The number of likely N-dealkylation sites (N-methyl/N-ethyl adjacent to an activating group) is 1. The molecule has 21 heavy (non-hydrogen) atoms. The van der Waals surface area contributed by atoms with Gasteiger partial charge in [0.15, 0.2) is 0 Å². The number of amides is 3. The van der Waals surface area contributed by atoms with E-state index in [2.05, 4.69) is 0 Å². The van der Waals surface area contributed by atoms with Crippen LogP contribution in [0.1, 0.15) is 28.8 Å². The molecule has 1 aromatic rings. The molecule has 1 unspecified atom stereocenters. The zero-order chi connectivity index (χ0) is 15.3. The molecule has 0 spiro atoms. The second-order valence-electron chi connectivity index (χ2n) is 5.19. The molecule has 0 radical (unpaired) electrons. The third kappa shape index (κ3) is 2.23. The van der Waals surface area contributed by atoms with Crippen LogP contribution in [0.15, 0.2) is 12.1 Å². The van der Waals surface area contributed by atoms with E-state index in [0.29, 0.717) is 21.1 Å². The monoisotopic (exact) mass is 402 g/mol. The molecular weight excluding hydrogens is 390 g/mol. The SMILES string of the molecule is CN1C(=O)CCC(N2Cc3c(F)cc(I)cc3C2=O)C1=O. The lowest BCUT2D eigenvalue weighted by molar-refractivity contribution is -0.150. The molecular formula is C14H12FIN2O3. The maximum atomic E-state index is 14.0. The maximum absolute atomic E-state index is 14.0. The Morgan fingerprint density at radius 1 is 1.29 bits per heavy atom. The number of benzene rings is 1. The van der Waals surface area contributed by atoms with Crippen LogP contribution < -0.4 is 0 Å². The van der Waals surface area contributed by atoms with Crippen molar-refractivity contribution in [2.24, 2.45) is 0 Å². The zero-order valence-corrected chi connectivity index (χ0v) is 13.4. The number of nitrogens with zero attached hydrogens (tertiary/aromatic N) is 2. The lowest BCUT2D eigenvalue weighted by Gasteiger charge is -2.33. The average Bonchev–Trinajstić information content (AvgIpc) is 2.75. The van der Waals surface area contributed by atoms with Gasteiger partial charge < -0.3 is 4.90 Å². The number of halogens is 2. The Bertz CT molecular complexity index is 676. The number of hydrogen-bond acceptors (Lipinski definition) is 3. The number of fused-ring (bicyclic) bond motifs is 1. The number of rotatable bonds is 1. The second kappa shape index (κ2) is 5.04. The highest BCUT2D eigenvalue weighted by Crippen LogP contribution is 2.31. The fraction of sp³-hybridized carbons (Fsp3) is 0.357. The summed E-state index contributed by atoms with van der Waals surface area (Å²) < 4.78 is 14.6. The molecule has 0 N–H and O–H groups in total. The Morgan fingerprint density at radius 3 is 2.71 bits per heavy atom. The highest BCUT2D eigenvalue weighted by atomic mass is 127. The number of hydrogen-bond donors (Lipinski definition) is 0. The van der Waals surface area contributed by atoms with E-state index in [4.69, 9.17) is 0 Å². The van der Waals surface area contributed by atoms with Crippen molar-refractivity contribution in [3.63, 3.8) is 0 Å². The van der Waals surface area contributed by atoms with E-state index < -0.39 is 17.8 Å². The van der Waals surface area contributed by atoms with E-state index in [1.165, 1.54) is 18.0 Å². The van der Waals surface area contributed by atoms with Crippen molar-refractivity contribution in [2.45, 2.75) is 25.4 Å². The van der Waals surface area contributed by atoms with Gasteiger partial charge in [-0.25, -0.2) is 4.39 Å². The minimum absolute atomic E-state index is 0.0787. The number of piperidine rings is 1. The van der Waals surface area contributed by atoms with Crippen molar-refractivity contribution in [1.29, 1.82) is 0 Å². The highest BCUT2D eigenvalue weighted by molar-refractivity contribution is 14.1. The first-order chi connectivity index (χ1) is 9.90. The van der Waals surface area contributed by atoms with E-state index >= 15 is 0 Å². The van der Waals surface area contributed by atoms with Gasteiger partial charge in [0.25, 0.3) is 11.8 Å². The Hall–Kier alpha value is -1.51. The summed E-state index contributed by atoms with van der Waals surface area (Å²) in [6, 6.07) is 2.31. The molecule has 1 aromatic carbocycles. The topological polar surface area (TPSA) is 57.7 Å². The molecule has 1 atom stereocenters. The smallest absolute Gasteiger partial charge is 0.255 e. The summed E-state index contributed by atoms with van der Waals surface area (Å²) in [6.07, 6.45) is 0.507. The Balaban J connectivity index is 1.93. The van der Waals surface area contributed by atoms with E-state index in [-0.39, 0.29) is 24.8 Å². The third-order valence-corrected chi connectivity index (χ3v) is 4.60. The normalized spacial score (nSPS) is 22.0. The lowest BCUT2D eigenvalue weighted by atomic mass is 10.0. The summed E-state index contributed by atoms with van der Waals surface area (Å²) in [6.45, 7) is 0.0787. The van der Waals surface area contributed by atoms with E-state index in [1.807, 2.05) is 22.6 Å². The standard InChI is InChI=1S/C14H12FIN2O3/c1-17-12(19)3-2-11(14(17)21)18-6-9-8(13(18)20)4-7(16)5-10(9)15/h4-5,11H,2-3,6H2,1H3. The maximum Gasteiger partial charge on any atom is 0.255 e. The fourth-order valence-electron chi connectivity index (χ4n) is 2.79. The molecule has 3 amide bonds. The molecule has 2 heterocycles. The zero-order valence-electron chi connectivity index (χ0n) is 11.2. The first-order valence-corrected chi connectivity index (χ1v) is 7.57. The van der Waals surface area contributed by atoms with Gasteiger partial charge in [-0.1, -0.05) is 0 Å². The summed E-state index contributed by atoms with van der Waals surface area (Å²) in [4.78, 5) is 38.5. The predicted octanol–water partition coefficient (Wildman–Crippen LogP) is 1.53. The van der Waals surface area contributed by atoms with E-state index in [0.717, 1.165) is 4.90 Å². The van der Waals surface area contributed by atoms with Crippen LogP contribution in [0.4, 0.5) is 4.39 Å². The van der Waals surface area contributed by atoms with Crippen molar-refractivity contribution >= 4 is 40.3 Å². The van der Waals surface area contributed by atoms with Gasteiger partial charge in [-0.05, 0) is 41.1 Å². The fourth-order valence-corrected chi connectivity index (χ4v) is 3.38. The second-order valence-corrected chi connectivity index (χ2v) is 6.44. The van der Waals surface area contributed by atoms with E-state index in [1.54, 1.807) is 6.07 Å². The predicted molar refractivity (Wildman–Crippen MR) is 79.8 cm³/mol. The van der Waals surface area contributed by atoms with Crippen LogP contribution in [-0.2, 0) is 16.1 Å². The van der Waals surface area contributed by atoms with Crippen molar-refractivity contribution in [2.75, 3.05) is 7.05 Å².